The zero-order chi connectivity index (χ0) is 16.8. The Balaban J connectivity index is 2.02. The molecule has 2 amide bonds. The Bertz CT molecular complexity index is 708. The van der Waals surface area contributed by atoms with Crippen LogP contribution in [-0.2, 0) is 16.1 Å². The summed E-state index contributed by atoms with van der Waals surface area (Å²) in [6.07, 6.45) is 3.23. The number of nitrogens with one attached hydrogen (secondary N) is 1. The van der Waals surface area contributed by atoms with Gasteiger partial charge in [0.1, 0.15) is 6.54 Å². The minimum Gasteiger partial charge on any atom is -0.350 e. The maximum Gasteiger partial charge on any atom is 0.240 e. The Morgan fingerprint density at radius 3 is 2.61 bits per heavy atom. The zero-order valence-corrected chi connectivity index (χ0v) is 12.4. The van der Waals surface area contributed by atoms with Crippen molar-refractivity contribution in [2.45, 2.75) is 13.5 Å². The number of nitrogens with zero attached hydrogens (tertiary/aromatic N) is 2. The number of pyridine rings is 1. The number of aromatic nitrogens is 1. The molecule has 2 rings (SSSR count). The van der Waals surface area contributed by atoms with Gasteiger partial charge in [-0.05, 0) is 23.8 Å². The van der Waals surface area contributed by atoms with Crippen LogP contribution in [0.2, 0.25) is 0 Å². The predicted octanol–water partition coefficient (Wildman–Crippen LogP) is 2.03. The third-order valence-electron chi connectivity index (χ3n) is 3.11. The van der Waals surface area contributed by atoms with Crippen molar-refractivity contribution in [3.8, 4) is 0 Å². The summed E-state index contributed by atoms with van der Waals surface area (Å²) in [5, 5.41) is 2.64. The molecule has 120 valence electrons. The topological polar surface area (TPSA) is 62.3 Å². The Morgan fingerprint density at radius 2 is 2.00 bits per heavy atom. The maximum absolute atomic E-state index is 13.3. The summed E-state index contributed by atoms with van der Waals surface area (Å²) in [7, 11) is 0. The molecule has 1 aromatic heterocycles. The van der Waals surface area contributed by atoms with Crippen LogP contribution < -0.4 is 10.2 Å². The number of hydrogen-bond donors (Lipinski definition) is 1. The van der Waals surface area contributed by atoms with E-state index in [9.17, 15) is 18.4 Å². The molecule has 0 radical (unpaired) electrons. The number of rotatable bonds is 5. The van der Waals surface area contributed by atoms with Crippen LogP contribution in [0.25, 0.3) is 0 Å². The third kappa shape index (κ3) is 4.57. The van der Waals surface area contributed by atoms with Crippen LogP contribution in [0.5, 0.6) is 0 Å². The summed E-state index contributed by atoms with van der Waals surface area (Å²) in [4.78, 5) is 28.6. The molecule has 0 atom stereocenters. The molecule has 1 aromatic carbocycles. The van der Waals surface area contributed by atoms with Crippen LogP contribution in [0, 0.1) is 11.6 Å². The van der Waals surface area contributed by atoms with Gasteiger partial charge in [-0.15, -0.1) is 0 Å². The first kappa shape index (κ1) is 16.5. The summed E-state index contributed by atoms with van der Waals surface area (Å²) >= 11 is 0. The summed E-state index contributed by atoms with van der Waals surface area (Å²) in [6, 6.07) is 6.57. The molecule has 0 aliphatic carbocycles. The second-order valence-corrected chi connectivity index (χ2v) is 4.84. The van der Waals surface area contributed by atoms with Crippen LogP contribution in [-0.4, -0.2) is 23.3 Å². The molecule has 0 bridgehead atoms. The van der Waals surface area contributed by atoms with E-state index < -0.39 is 23.4 Å². The van der Waals surface area contributed by atoms with E-state index >= 15 is 0 Å². The standard InChI is InChI=1S/C16H15F2N3O2/c1-11(22)21(13-4-5-14(17)15(18)7-13)10-16(23)20-9-12-3-2-6-19-8-12/h2-8H,9-10H2,1H3,(H,20,23). The van der Waals surface area contributed by atoms with Crippen molar-refractivity contribution in [3.63, 3.8) is 0 Å². The minimum absolute atomic E-state index is 0.118. The first-order valence-corrected chi connectivity index (χ1v) is 6.86. The predicted molar refractivity (Wildman–Crippen MR) is 80.5 cm³/mol. The molecule has 5 nitrogen and oxygen atoms in total. The third-order valence-corrected chi connectivity index (χ3v) is 3.11. The van der Waals surface area contributed by atoms with E-state index in [1.807, 2.05) is 0 Å². The monoisotopic (exact) mass is 319 g/mol. The molecule has 0 saturated carbocycles. The smallest absolute Gasteiger partial charge is 0.240 e. The highest BCUT2D eigenvalue weighted by atomic mass is 19.2. The van der Waals surface area contributed by atoms with Crippen molar-refractivity contribution in [3.05, 3.63) is 59.9 Å². The zero-order valence-electron chi connectivity index (χ0n) is 12.4. The Kier molecular flexibility index (Phi) is 5.35. The van der Waals surface area contributed by atoms with Gasteiger partial charge in [-0.2, -0.15) is 0 Å². The molecule has 0 unspecified atom stereocenters. The number of anilines is 1. The lowest BCUT2D eigenvalue weighted by Gasteiger charge is -2.20. The summed E-state index contributed by atoms with van der Waals surface area (Å²) in [5.41, 5.74) is 0.927. The van der Waals surface area contributed by atoms with Gasteiger partial charge in [-0.3, -0.25) is 14.6 Å². The number of carbonyl (C=O) groups is 2. The lowest BCUT2D eigenvalue weighted by atomic mass is 10.2. The average Bonchev–Trinajstić information content (AvgIpc) is 2.54. The second-order valence-electron chi connectivity index (χ2n) is 4.84. The average molecular weight is 319 g/mol. The number of benzene rings is 1. The maximum atomic E-state index is 13.3. The van der Waals surface area contributed by atoms with Gasteiger partial charge in [0.05, 0.1) is 0 Å². The molecule has 0 saturated heterocycles. The van der Waals surface area contributed by atoms with Crippen molar-refractivity contribution in [1.82, 2.24) is 10.3 Å². The van der Waals surface area contributed by atoms with Gasteiger partial charge in [-0.1, -0.05) is 6.07 Å². The lowest BCUT2D eigenvalue weighted by Crippen LogP contribution is -2.39. The van der Waals surface area contributed by atoms with Crippen molar-refractivity contribution in [2.75, 3.05) is 11.4 Å². The molecular formula is C16H15F2N3O2. The second kappa shape index (κ2) is 7.44. The fraction of sp³-hybridized carbons (Fsp3) is 0.188. The van der Waals surface area contributed by atoms with Crippen molar-refractivity contribution in [1.29, 1.82) is 0 Å². The number of halogens is 2. The molecule has 7 heteroatoms. The van der Waals surface area contributed by atoms with E-state index in [1.54, 1.807) is 24.5 Å². The van der Waals surface area contributed by atoms with Gasteiger partial charge in [0, 0.05) is 37.6 Å². The van der Waals surface area contributed by atoms with Crippen molar-refractivity contribution >= 4 is 17.5 Å². The Labute approximate surface area is 131 Å². The number of amides is 2. The van der Waals surface area contributed by atoms with Gasteiger partial charge in [0.25, 0.3) is 0 Å². The van der Waals surface area contributed by atoms with E-state index in [0.717, 1.165) is 22.6 Å². The van der Waals surface area contributed by atoms with E-state index in [2.05, 4.69) is 10.3 Å². The van der Waals surface area contributed by atoms with Gasteiger partial charge in [-0.25, -0.2) is 8.78 Å². The number of hydrogen-bond acceptors (Lipinski definition) is 3. The van der Waals surface area contributed by atoms with Crippen LogP contribution in [0.4, 0.5) is 14.5 Å². The van der Waals surface area contributed by atoms with Gasteiger partial charge in [0.15, 0.2) is 11.6 Å². The molecule has 0 aliphatic heterocycles. The van der Waals surface area contributed by atoms with Crippen molar-refractivity contribution in [2.24, 2.45) is 0 Å². The first-order chi connectivity index (χ1) is 11.0. The van der Waals surface area contributed by atoms with Crippen LogP contribution in [0.3, 0.4) is 0 Å². The largest absolute Gasteiger partial charge is 0.350 e. The summed E-state index contributed by atoms with van der Waals surface area (Å²) in [6.45, 7) is 1.21. The van der Waals surface area contributed by atoms with Crippen LogP contribution in [0.15, 0.2) is 42.7 Å². The van der Waals surface area contributed by atoms with Gasteiger partial charge < -0.3 is 10.2 Å². The summed E-state index contributed by atoms with van der Waals surface area (Å²) < 4.78 is 26.3. The minimum atomic E-state index is -1.08. The lowest BCUT2D eigenvalue weighted by molar-refractivity contribution is -0.123. The Hall–Kier alpha value is -2.83. The normalized spacial score (nSPS) is 10.2. The quantitative estimate of drug-likeness (QED) is 0.917. The fourth-order valence-corrected chi connectivity index (χ4v) is 1.94. The van der Waals surface area contributed by atoms with E-state index in [4.69, 9.17) is 0 Å². The van der Waals surface area contributed by atoms with E-state index in [-0.39, 0.29) is 18.8 Å². The van der Waals surface area contributed by atoms with E-state index in [1.165, 1.54) is 13.0 Å². The highest BCUT2D eigenvalue weighted by molar-refractivity contribution is 5.97. The molecule has 23 heavy (non-hydrogen) atoms. The molecule has 0 spiro atoms. The van der Waals surface area contributed by atoms with Crippen LogP contribution in [0.1, 0.15) is 12.5 Å². The van der Waals surface area contributed by atoms with Crippen LogP contribution >= 0.6 is 0 Å². The summed E-state index contributed by atoms with van der Waals surface area (Å²) in [5.74, 6) is -2.97. The van der Waals surface area contributed by atoms with Crippen molar-refractivity contribution < 1.29 is 18.4 Å². The van der Waals surface area contributed by atoms with Gasteiger partial charge in [0.2, 0.25) is 11.8 Å². The molecule has 2 aromatic rings. The highest BCUT2D eigenvalue weighted by Gasteiger charge is 2.17. The molecule has 0 fully saturated rings. The molecule has 0 aliphatic rings. The van der Waals surface area contributed by atoms with E-state index in [0.29, 0.717) is 0 Å². The van der Waals surface area contributed by atoms with Gasteiger partial charge >= 0.3 is 0 Å². The fourth-order valence-electron chi connectivity index (χ4n) is 1.94. The first-order valence-electron chi connectivity index (χ1n) is 6.86. The molecule has 1 N–H and O–H groups in total. The highest BCUT2D eigenvalue weighted by Crippen LogP contribution is 2.18. The number of carbonyl (C=O) groups excluding carboxylic acids is 2. The molecule has 1 heterocycles. The molecular weight excluding hydrogens is 304 g/mol. The SMILES string of the molecule is CC(=O)N(CC(=O)NCc1cccnc1)c1ccc(F)c(F)c1. The Morgan fingerprint density at radius 1 is 1.22 bits per heavy atom.